The normalized spacial score (nSPS) is 30.1. The Morgan fingerprint density at radius 1 is 1.14 bits per heavy atom. The van der Waals surface area contributed by atoms with E-state index in [0.717, 1.165) is 6.07 Å². The Kier molecular flexibility index (Phi) is 4.50. The van der Waals surface area contributed by atoms with Crippen molar-refractivity contribution in [3.8, 4) is 0 Å². The lowest BCUT2D eigenvalue weighted by Gasteiger charge is -2.46. The Bertz CT molecular complexity index is 765. The van der Waals surface area contributed by atoms with Crippen LogP contribution >= 0.6 is 0 Å². The van der Waals surface area contributed by atoms with Crippen LogP contribution in [-0.4, -0.2) is 42.5 Å². The predicted molar refractivity (Wildman–Crippen MR) is 91.2 cm³/mol. The standard InChI is InChI=1S/C18H21F6N3O/c1-2-10-3-4-26-14-6-9(17(19,20)21)5-12(18(22,23)24)15(14)27(10)16(26)13-7-11(28)8-25-13/h5-6,10-11,13,16,25,28H,2-4,7-8H2,1H3. The number of aliphatic hydroxyl groups excluding tert-OH is 1. The Morgan fingerprint density at radius 3 is 2.39 bits per heavy atom. The van der Waals surface area contributed by atoms with Gasteiger partial charge >= 0.3 is 12.4 Å². The summed E-state index contributed by atoms with van der Waals surface area (Å²) in [5.74, 6) is 0. The quantitative estimate of drug-likeness (QED) is 0.733. The highest BCUT2D eigenvalue weighted by Gasteiger charge is 2.52. The van der Waals surface area contributed by atoms with Gasteiger partial charge in [0, 0.05) is 25.2 Å². The van der Waals surface area contributed by atoms with Crippen molar-refractivity contribution in [3.05, 3.63) is 23.3 Å². The van der Waals surface area contributed by atoms with Crippen LogP contribution in [0.5, 0.6) is 0 Å². The van der Waals surface area contributed by atoms with Gasteiger partial charge in [-0.3, -0.25) is 0 Å². The molecule has 3 aliphatic heterocycles. The second-order valence-electron chi connectivity index (χ2n) is 7.66. The van der Waals surface area contributed by atoms with Gasteiger partial charge < -0.3 is 20.2 Å². The van der Waals surface area contributed by atoms with E-state index in [2.05, 4.69) is 5.32 Å². The minimum Gasteiger partial charge on any atom is -0.392 e. The first-order valence-electron chi connectivity index (χ1n) is 9.31. The van der Waals surface area contributed by atoms with Crippen molar-refractivity contribution in [1.29, 1.82) is 0 Å². The van der Waals surface area contributed by atoms with Crippen LogP contribution < -0.4 is 15.1 Å². The molecule has 0 spiro atoms. The van der Waals surface area contributed by atoms with Crippen molar-refractivity contribution in [2.24, 2.45) is 0 Å². The number of nitrogens with one attached hydrogen (secondary N) is 1. The van der Waals surface area contributed by atoms with E-state index in [9.17, 15) is 31.4 Å². The molecule has 2 saturated heterocycles. The number of alkyl halides is 6. The van der Waals surface area contributed by atoms with Gasteiger partial charge in [0.05, 0.1) is 28.6 Å². The summed E-state index contributed by atoms with van der Waals surface area (Å²) in [7, 11) is 0. The molecule has 4 unspecified atom stereocenters. The van der Waals surface area contributed by atoms with Crippen LogP contribution in [0.3, 0.4) is 0 Å². The second-order valence-corrected chi connectivity index (χ2v) is 7.66. The fraction of sp³-hybridized carbons (Fsp3) is 0.667. The minimum atomic E-state index is -4.91. The zero-order valence-corrected chi connectivity index (χ0v) is 15.1. The monoisotopic (exact) mass is 409 g/mol. The van der Waals surface area contributed by atoms with Crippen molar-refractivity contribution in [3.63, 3.8) is 0 Å². The fourth-order valence-corrected chi connectivity index (χ4v) is 4.78. The molecule has 2 N–H and O–H groups in total. The molecule has 4 atom stereocenters. The van der Waals surface area contributed by atoms with Gasteiger partial charge in [0.2, 0.25) is 0 Å². The lowest BCUT2D eigenvalue weighted by molar-refractivity contribution is -0.142. The Balaban J connectivity index is 1.90. The number of hydrogen-bond donors (Lipinski definition) is 2. The van der Waals surface area contributed by atoms with Gasteiger partial charge in [0.1, 0.15) is 6.17 Å². The molecule has 4 nitrogen and oxygen atoms in total. The summed E-state index contributed by atoms with van der Waals surface area (Å²) in [5, 5.41) is 13.0. The summed E-state index contributed by atoms with van der Waals surface area (Å²) in [5.41, 5.74) is -2.73. The molecule has 3 heterocycles. The molecule has 0 aromatic heterocycles. The number of benzene rings is 1. The third kappa shape index (κ3) is 3.01. The molecule has 0 amide bonds. The fourth-order valence-electron chi connectivity index (χ4n) is 4.78. The van der Waals surface area contributed by atoms with Gasteiger partial charge in [-0.1, -0.05) is 6.92 Å². The van der Waals surface area contributed by atoms with Crippen molar-refractivity contribution in [2.75, 3.05) is 22.9 Å². The molecule has 10 heteroatoms. The maximum atomic E-state index is 13.8. The van der Waals surface area contributed by atoms with Crippen molar-refractivity contribution in [1.82, 2.24) is 5.32 Å². The number of β-amino-alcohol motifs (C(OH)–C–C–N with tert-alkyl or cyclic N) is 1. The van der Waals surface area contributed by atoms with Gasteiger partial charge in [0.15, 0.2) is 0 Å². The first-order chi connectivity index (χ1) is 13.0. The topological polar surface area (TPSA) is 38.7 Å². The number of rotatable bonds is 2. The highest BCUT2D eigenvalue weighted by molar-refractivity contribution is 5.83. The van der Waals surface area contributed by atoms with Gasteiger partial charge in [-0.25, -0.2) is 0 Å². The summed E-state index contributed by atoms with van der Waals surface area (Å²) in [6.45, 7) is 2.55. The maximum absolute atomic E-state index is 13.8. The minimum absolute atomic E-state index is 0.0220. The highest BCUT2D eigenvalue weighted by atomic mass is 19.4. The van der Waals surface area contributed by atoms with E-state index in [4.69, 9.17) is 0 Å². The third-order valence-corrected chi connectivity index (χ3v) is 5.96. The summed E-state index contributed by atoms with van der Waals surface area (Å²) in [6.07, 6.45) is -9.46. The van der Waals surface area contributed by atoms with E-state index in [-0.39, 0.29) is 29.5 Å². The van der Waals surface area contributed by atoms with Gasteiger partial charge in [0.25, 0.3) is 0 Å². The summed E-state index contributed by atoms with van der Waals surface area (Å²) in [4.78, 5) is 3.28. The van der Waals surface area contributed by atoms with Gasteiger partial charge in [-0.05, 0) is 31.4 Å². The van der Waals surface area contributed by atoms with E-state index >= 15 is 0 Å². The third-order valence-electron chi connectivity index (χ3n) is 5.96. The summed E-state index contributed by atoms with van der Waals surface area (Å²) >= 11 is 0. The number of fused-ring (bicyclic) bond motifs is 5. The van der Waals surface area contributed by atoms with Gasteiger partial charge in [-0.15, -0.1) is 0 Å². The van der Waals surface area contributed by atoms with Crippen molar-refractivity contribution >= 4 is 11.4 Å². The molecule has 2 fully saturated rings. The first-order valence-corrected chi connectivity index (χ1v) is 9.31. The molecule has 3 aliphatic rings. The van der Waals surface area contributed by atoms with E-state index in [1.807, 2.05) is 6.92 Å². The number of hydrogen-bond acceptors (Lipinski definition) is 4. The molecule has 0 radical (unpaired) electrons. The van der Waals surface area contributed by atoms with E-state index in [1.165, 1.54) is 0 Å². The molecule has 0 saturated carbocycles. The predicted octanol–water partition coefficient (Wildman–Crippen LogP) is 3.58. The molecular formula is C18H21F6N3O. The van der Waals surface area contributed by atoms with Crippen LogP contribution in [0.25, 0.3) is 0 Å². The van der Waals surface area contributed by atoms with Crippen molar-refractivity contribution in [2.45, 2.75) is 62.9 Å². The smallest absolute Gasteiger partial charge is 0.392 e. The van der Waals surface area contributed by atoms with Crippen LogP contribution in [0, 0.1) is 0 Å². The van der Waals surface area contributed by atoms with Crippen LogP contribution in [-0.2, 0) is 12.4 Å². The molecule has 28 heavy (non-hydrogen) atoms. The van der Waals surface area contributed by atoms with Crippen molar-refractivity contribution < 1.29 is 31.4 Å². The molecular weight excluding hydrogens is 388 g/mol. The van der Waals surface area contributed by atoms with Crippen LogP contribution in [0.4, 0.5) is 37.7 Å². The highest BCUT2D eigenvalue weighted by Crippen LogP contribution is 2.54. The Hall–Kier alpha value is -1.68. The summed E-state index contributed by atoms with van der Waals surface area (Å²) < 4.78 is 81.3. The number of aliphatic hydroxyl groups is 1. The van der Waals surface area contributed by atoms with Crippen LogP contribution in [0.2, 0.25) is 0 Å². The van der Waals surface area contributed by atoms with E-state index in [0.29, 0.717) is 32.4 Å². The largest absolute Gasteiger partial charge is 0.418 e. The molecule has 156 valence electrons. The lowest BCUT2D eigenvalue weighted by Crippen LogP contribution is -2.61. The number of halogens is 6. The summed E-state index contributed by atoms with van der Waals surface area (Å²) in [6, 6.07) is 0.523. The maximum Gasteiger partial charge on any atom is 0.418 e. The van der Waals surface area contributed by atoms with Gasteiger partial charge in [-0.2, -0.15) is 26.3 Å². The first kappa shape index (κ1) is 19.6. The molecule has 1 aromatic rings. The Morgan fingerprint density at radius 2 is 1.86 bits per heavy atom. The number of nitrogens with zero attached hydrogens (tertiary/aromatic N) is 2. The Labute approximate surface area is 158 Å². The number of anilines is 2. The second kappa shape index (κ2) is 6.41. The van der Waals surface area contributed by atoms with Crippen LogP contribution in [0.1, 0.15) is 37.3 Å². The zero-order chi connectivity index (χ0) is 20.4. The van der Waals surface area contributed by atoms with E-state index in [1.54, 1.807) is 9.80 Å². The zero-order valence-electron chi connectivity index (χ0n) is 15.1. The molecule has 0 aliphatic carbocycles. The average Bonchev–Trinajstić information content (AvgIpc) is 3.11. The molecule has 2 bridgehead atoms. The SMILES string of the molecule is CCC1CCN2c3cc(C(F)(F)F)cc(C(F)(F)F)c3N1C2C1CC(O)CN1. The molecule has 4 rings (SSSR count). The lowest BCUT2D eigenvalue weighted by atomic mass is 10.00. The average molecular weight is 409 g/mol. The molecule has 1 aromatic carbocycles. The van der Waals surface area contributed by atoms with E-state index < -0.39 is 35.7 Å². The van der Waals surface area contributed by atoms with Crippen LogP contribution in [0.15, 0.2) is 12.1 Å².